The van der Waals surface area contributed by atoms with Gasteiger partial charge in [0, 0.05) is 57.9 Å². The first-order chi connectivity index (χ1) is 13.0. The monoisotopic (exact) mass is 393 g/mol. The van der Waals surface area contributed by atoms with Crippen molar-refractivity contribution in [1.82, 2.24) is 20.4 Å². The second kappa shape index (κ2) is 11.7. The lowest BCUT2D eigenvalue weighted by Gasteiger charge is -2.33. The molecule has 2 heterocycles. The third kappa shape index (κ3) is 7.80. The highest BCUT2D eigenvalue weighted by molar-refractivity contribution is 7.07. The van der Waals surface area contributed by atoms with Crippen LogP contribution in [0, 0.1) is 0 Å². The summed E-state index contributed by atoms with van der Waals surface area (Å²) in [7, 11) is 1.87. The molecule has 0 unspecified atom stereocenters. The Morgan fingerprint density at radius 3 is 2.52 bits per heavy atom. The van der Waals surface area contributed by atoms with E-state index in [9.17, 15) is 0 Å². The average molecular weight is 394 g/mol. The molecule has 6 heteroatoms. The molecule has 154 valence electrons. The third-order valence-electron chi connectivity index (χ3n) is 5.35. The topological polar surface area (TPSA) is 42.9 Å². The zero-order valence-corrected chi connectivity index (χ0v) is 18.7. The van der Waals surface area contributed by atoms with E-state index in [2.05, 4.69) is 69.9 Å². The predicted octanol–water partition coefficient (Wildman–Crippen LogP) is 3.39. The summed E-state index contributed by atoms with van der Waals surface area (Å²) >= 11 is 1.79. The van der Waals surface area contributed by atoms with Crippen molar-refractivity contribution in [3.8, 4) is 0 Å². The Balaban J connectivity index is 1.64. The van der Waals surface area contributed by atoms with E-state index in [4.69, 9.17) is 0 Å². The molecule has 1 aromatic rings. The van der Waals surface area contributed by atoms with Crippen LogP contribution in [0.15, 0.2) is 21.8 Å². The van der Waals surface area contributed by atoms with Crippen LogP contribution in [-0.4, -0.2) is 67.1 Å². The lowest BCUT2D eigenvalue weighted by molar-refractivity contribution is 0.173. The number of thiophene rings is 1. The number of hydrogen-bond acceptors (Lipinski definition) is 4. The van der Waals surface area contributed by atoms with E-state index in [-0.39, 0.29) is 0 Å². The molecule has 1 saturated heterocycles. The molecule has 2 N–H and O–H groups in total. The number of rotatable bonds is 9. The van der Waals surface area contributed by atoms with Gasteiger partial charge in [-0.15, -0.1) is 0 Å². The van der Waals surface area contributed by atoms with Crippen molar-refractivity contribution >= 4 is 17.3 Å². The first-order valence-electron chi connectivity index (χ1n) is 10.5. The zero-order chi connectivity index (χ0) is 19.6. The number of piperidine rings is 1. The lowest BCUT2D eigenvalue weighted by Crippen LogP contribution is -2.49. The molecule has 0 aliphatic carbocycles. The summed E-state index contributed by atoms with van der Waals surface area (Å²) in [6, 6.07) is 3.96. The quantitative estimate of drug-likeness (QED) is 0.383. The number of hydrogen-bond donors (Lipinski definition) is 2. The molecule has 0 amide bonds. The first-order valence-corrected chi connectivity index (χ1v) is 11.4. The van der Waals surface area contributed by atoms with E-state index in [1.807, 2.05) is 7.05 Å². The van der Waals surface area contributed by atoms with Crippen molar-refractivity contribution in [3.05, 3.63) is 22.4 Å². The van der Waals surface area contributed by atoms with Crippen molar-refractivity contribution in [1.29, 1.82) is 0 Å². The van der Waals surface area contributed by atoms with Crippen LogP contribution in [0.2, 0.25) is 0 Å². The molecule has 5 nitrogen and oxygen atoms in total. The second-order valence-electron chi connectivity index (χ2n) is 8.10. The molecule has 1 fully saturated rings. The fourth-order valence-electron chi connectivity index (χ4n) is 3.85. The summed E-state index contributed by atoms with van der Waals surface area (Å²) in [5.41, 5.74) is 1.45. The van der Waals surface area contributed by atoms with Crippen LogP contribution in [-0.2, 0) is 6.54 Å². The average Bonchev–Trinajstić information content (AvgIpc) is 3.14. The van der Waals surface area contributed by atoms with E-state index < -0.39 is 0 Å². The Kier molecular flexibility index (Phi) is 9.59. The zero-order valence-electron chi connectivity index (χ0n) is 17.9. The van der Waals surface area contributed by atoms with Gasteiger partial charge in [-0.05, 0) is 69.3 Å². The van der Waals surface area contributed by atoms with Crippen LogP contribution in [0.5, 0.6) is 0 Å². The van der Waals surface area contributed by atoms with Crippen LogP contribution in [0.3, 0.4) is 0 Å². The Morgan fingerprint density at radius 1 is 1.26 bits per heavy atom. The maximum absolute atomic E-state index is 4.42. The van der Waals surface area contributed by atoms with Gasteiger partial charge in [0.15, 0.2) is 5.96 Å². The van der Waals surface area contributed by atoms with Crippen molar-refractivity contribution < 1.29 is 0 Å². The summed E-state index contributed by atoms with van der Waals surface area (Å²) < 4.78 is 0. The second-order valence-corrected chi connectivity index (χ2v) is 8.88. The SMILES string of the molecule is CN=C(NCCCN(C(C)C)C(C)C)NC1CCN(Cc2ccsc2)CC1. The maximum Gasteiger partial charge on any atom is 0.191 e. The standard InChI is InChI=1S/C21H39N5S/c1-17(2)26(18(3)4)11-6-10-23-21(22-5)24-20-7-12-25(13-8-20)15-19-9-14-27-16-19/h9,14,16-18,20H,6-8,10-13,15H2,1-5H3,(H2,22,23,24). The minimum Gasteiger partial charge on any atom is -0.356 e. The first kappa shape index (κ1) is 22.2. The van der Waals surface area contributed by atoms with Crippen LogP contribution in [0.1, 0.15) is 52.5 Å². The normalized spacial score (nSPS) is 17.3. The molecule has 0 spiro atoms. The molecule has 27 heavy (non-hydrogen) atoms. The minimum atomic E-state index is 0.526. The number of guanidine groups is 1. The molecule has 0 radical (unpaired) electrons. The van der Waals surface area contributed by atoms with Gasteiger partial charge >= 0.3 is 0 Å². The smallest absolute Gasteiger partial charge is 0.191 e. The maximum atomic E-state index is 4.42. The predicted molar refractivity (Wildman–Crippen MR) is 119 cm³/mol. The Morgan fingerprint density at radius 2 is 1.96 bits per heavy atom. The molecule has 0 bridgehead atoms. The van der Waals surface area contributed by atoms with Crippen molar-refractivity contribution in [2.24, 2.45) is 4.99 Å². The molecule has 2 rings (SSSR count). The summed E-state index contributed by atoms with van der Waals surface area (Å²) in [5, 5.41) is 11.5. The summed E-state index contributed by atoms with van der Waals surface area (Å²) in [5.74, 6) is 0.951. The molecule has 1 aliphatic rings. The van der Waals surface area contributed by atoms with E-state index in [0.717, 1.165) is 45.1 Å². The molecule has 1 aromatic heterocycles. The number of likely N-dealkylation sites (tertiary alicyclic amines) is 1. The van der Waals surface area contributed by atoms with Crippen molar-refractivity contribution in [2.75, 3.05) is 33.2 Å². The van der Waals surface area contributed by atoms with Gasteiger partial charge < -0.3 is 10.6 Å². The van der Waals surface area contributed by atoms with Crippen molar-refractivity contribution in [2.45, 2.75) is 71.6 Å². The third-order valence-corrected chi connectivity index (χ3v) is 6.08. The highest BCUT2D eigenvalue weighted by Gasteiger charge is 2.20. The molecule has 0 atom stereocenters. The van der Waals surface area contributed by atoms with Crippen LogP contribution in [0.4, 0.5) is 0 Å². The molecule has 0 aromatic carbocycles. The lowest BCUT2D eigenvalue weighted by atomic mass is 10.0. The number of aliphatic imine (C=N–C) groups is 1. The summed E-state index contributed by atoms with van der Waals surface area (Å²) in [4.78, 5) is 9.52. The van der Waals surface area contributed by atoms with Gasteiger partial charge in [-0.1, -0.05) is 0 Å². The van der Waals surface area contributed by atoms with Gasteiger partial charge in [-0.25, -0.2) is 0 Å². The van der Waals surface area contributed by atoms with Crippen LogP contribution < -0.4 is 10.6 Å². The van der Waals surface area contributed by atoms with E-state index >= 15 is 0 Å². The van der Waals surface area contributed by atoms with Gasteiger partial charge in [-0.3, -0.25) is 14.8 Å². The van der Waals surface area contributed by atoms with Gasteiger partial charge in [-0.2, -0.15) is 11.3 Å². The summed E-state index contributed by atoms with van der Waals surface area (Å²) in [6.07, 6.45) is 3.49. The van der Waals surface area contributed by atoms with Gasteiger partial charge in [0.05, 0.1) is 0 Å². The van der Waals surface area contributed by atoms with Gasteiger partial charge in [0.1, 0.15) is 0 Å². The van der Waals surface area contributed by atoms with Crippen molar-refractivity contribution in [3.63, 3.8) is 0 Å². The number of nitrogens with zero attached hydrogens (tertiary/aromatic N) is 3. The fourth-order valence-corrected chi connectivity index (χ4v) is 4.51. The van der Waals surface area contributed by atoms with Gasteiger partial charge in [0.25, 0.3) is 0 Å². The minimum absolute atomic E-state index is 0.526. The largest absolute Gasteiger partial charge is 0.356 e. The molecule has 0 saturated carbocycles. The van der Waals surface area contributed by atoms with E-state index in [1.54, 1.807) is 11.3 Å². The Hall–Kier alpha value is -1.11. The van der Waals surface area contributed by atoms with Gasteiger partial charge in [0.2, 0.25) is 0 Å². The Bertz CT molecular complexity index is 525. The highest BCUT2D eigenvalue weighted by Crippen LogP contribution is 2.15. The summed E-state index contributed by atoms with van der Waals surface area (Å²) in [6.45, 7) is 14.6. The number of nitrogens with one attached hydrogen (secondary N) is 2. The van der Waals surface area contributed by atoms with Crippen LogP contribution in [0.25, 0.3) is 0 Å². The fraction of sp³-hybridized carbons (Fsp3) is 0.762. The highest BCUT2D eigenvalue weighted by atomic mass is 32.1. The molecular formula is C21H39N5S. The van der Waals surface area contributed by atoms with E-state index in [0.29, 0.717) is 18.1 Å². The van der Waals surface area contributed by atoms with E-state index in [1.165, 1.54) is 18.4 Å². The van der Waals surface area contributed by atoms with Crippen LogP contribution >= 0.6 is 11.3 Å². The molecule has 1 aliphatic heterocycles. The molecular weight excluding hydrogens is 354 g/mol. The Labute approximate surface area is 170 Å².